The van der Waals surface area contributed by atoms with Gasteiger partial charge in [0.15, 0.2) is 6.33 Å². The third-order valence-electron chi connectivity index (χ3n) is 5.29. The van der Waals surface area contributed by atoms with E-state index in [0.29, 0.717) is 6.54 Å². The Labute approximate surface area is 196 Å². The fourth-order valence-corrected chi connectivity index (χ4v) is 3.60. The zero-order chi connectivity index (χ0) is 24.9. The average molecular weight is 498 g/mol. The number of hydrogen-bond acceptors (Lipinski definition) is 9. The van der Waals surface area contributed by atoms with Gasteiger partial charge in [-0.25, -0.2) is 14.2 Å². The van der Waals surface area contributed by atoms with Crippen molar-refractivity contribution in [2.24, 2.45) is 0 Å². The minimum absolute atomic E-state index is 0.0452. The number of nitrogens with one attached hydrogen (secondary N) is 1. The lowest BCUT2D eigenvalue weighted by Gasteiger charge is -2.23. The summed E-state index contributed by atoms with van der Waals surface area (Å²) in [6.45, 7) is 0.394. The van der Waals surface area contributed by atoms with Gasteiger partial charge in [-0.05, 0) is 23.4 Å². The van der Waals surface area contributed by atoms with E-state index in [1.54, 1.807) is 4.90 Å². The molecule has 0 bridgehead atoms. The maximum Gasteiger partial charge on any atom is 0.414 e. The lowest BCUT2D eigenvalue weighted by molar-refractivity contribution is -0.183. The van der Waals surface area contributed by atoms with Gasteiger partial charge in [0.2, 0.25) is 0 Å². The summed E-state index contributed by atoms with van der Waals surface area (Å²) in [6, 6.07) is 4.16. The van der Waals surface area contributed by atoms with Crippen molar-refractivity contribution in [1.82, 2.24) is 30.6 Å². The van der Waals surface area contributed by atoms with Gasteiger partial charge in [0.05, 0.1) is 37.6 Å². The van der Waals surface area contributed by atoms with Gasteiger partial charge in [-0.3, -0.25) is 19.3 Å². The highest BCUT2D eigenvalue weighted by atomic mass is 19.3. The molecule has 2 aromatic rings. The number of alkyl halides is 2. The monoisotopic (exact) mass is 498 g/mol. The van der Waals surface area contributed by atoms with E-state index in [1.807, 2.05) is 5.32 Å². The third kappa shape index (κ3) is 5.76. The van der Waals surface area contributed by atoms with Crippen molar-refractivity contribution < 1.29 is 37.1 Å². The number of anilines is 2. The topological polar surface area (TPSA) is 135 Å². The number of benzene rings is 1. The first-order valence-corrected chi connectivity index (χ1v) is 10.5. The van der Waals surface area contributed by atoms with E-state index >= 15 is 0 Å². The van der Waals surface area contributed by atoms with Crippen LogP contribution >= 0.6 is 0 Å². The molecule has 0 aliphatic carbocycles. The number of nitrogens with zero attached hydrogens (tertiary/aromatic N) is 7. The lowest BCUT2D eigenvalue weighted by Crippen LogP contribution is -2.37. The number of halogens is 3. The van der Waals surface area contributed by atoms with Gasteiger partial charge in [-0.1, -0.05) is 0 Å². The maximum absolute atomic E-state index is 15.0. The van der Waals surface area contributed by atoms with Crippen LogP contribution in [0.2, 0.25) is 0 Å². The second-order valence-corrected chi connectivity index (χ2v) is 7.58. The molecule has 3 heterocycles. The largest absolute Gasteiger partial charge is 0.442 e. The number of hydroxylamine groups is 2. The molecule has 2 aliphatic rings. The Balaban J connectivity index is 1.35. The molecule has 1 N–H and O–H groups in total. The molecule has 1 aromatic carbocycles. The van der Waals surface area contributed by atoms with Crippen molar-refractivity contribution in [1.29, 1.82) is 0 Å². The summed E-state index contributed by atoms with van der Waals surface area (Å²) < 4.78 is 44.7. The third-order valence-corrected chi connectivity index (χ3v) is 5.29. The number of carbonyl (C=O) groups is 3. The summed E-state index contributed by atoms with van der Waals surface area (Å²) in [7, 11) is 0. The molecule has 0 saturated carbocycles. The second kappa shape index (κ2) is 10.5. The van der Waals surface area contributed by atoms with Gasteiger partial charge < -0.3 is 15.0 Å². The van der Waals surface area contributed by atoms with E-state index in [4.69, 9.17) is 9.57 Å². The van der Waals surface area contributed by atoms with Crippen molar-refractivity contribution in [3.8, 4) is 0 Å². The van der Waals surface area contributed by atoms with Crippen LogP contribution < -0.4 is 15.1 Å². The smallest absolute Gasteiger partial charge is 0.414 e. The Bertz CT molecular complexity index is 1070. The summed E-state index contributed by atoms with van der Waals surface area (Å²) in [5.74, 6) is -2.46. The Morgan fingerprint density at radius 1 is 1.23 bits per heavy atom. The van der Waals surface area contributed by atoms with Gasteiger partial charge in [0.25, 0.3) is 11.8 Å². The van der Waals surface area contributed by atoms with Gasteiger partial charge in [0.1, 0.15) is 18.5 Å². The van der Waals surface area contributed by atoms with Crippen molar-refractivity contribution in [2.45, 2.75) is 19.1 Å². The molecule has 35 heavy (non-hydrogen) atoms. The first-order valence-electron chi connectivity index (χ1n) is 10.5. The van der Waals surface area contributed by atoms with Crippen LogP contribution in [0.15, 0.2) is 24.5 Å². The summed E-state index contributed by atoms with van der Waals surface area (Å²) >= 11 is 0. The zero-order valence-corrected chi connectivity index (χ0v) is 18.2. The van der Waals surface area contributed by atoms with E-state index < -0.39 is 30.3 Å². The normalized spacial score (nSPS) is 18.6. The van der Waals surface area contributed by atoms with Crippen LogP contribution in [0.1, 0.15) is 0 Å². The fraction of sp³-hybridized carbons (Fsp3) is 0.474. The molecule has 3 amide bonds. The molecule has 13 nitrogen and oxygen atoms in total. The number of tetrazole rings is 1. The molecule has 2 aliphatic heterocycles. The van der Waals surface area contributed by atoms with Crippen molar-refractivity contribution in [2.75, 3.05) is 49.1 Å². The van der Waals surface area contributed by atoms with Crippen LogP contribution in [0.25, 0.3) is 0 Å². The standard InChI is InChI=1S/C19H21F3N8O5/c20-14-7-12(28-9-13(35-19(28)33)8-23-18(32)17(21)22)1-2-15(14)27-3-4-29(34-6-5-27)16(31)10-30-25-11-24-26-30/h1-2,7,11,13,17H,3-6,8-10H2,(H,23,32). The molecule has 16 heteroatoms. The zero-order valence-electron chi connectivity index (χ0n) is 18.2. The molecular weight excluding hydrogens is 477 g/mol. The summed E-state index contributed by atoms with van der Waals surface area (Å²) in [4.78, 5) is 45.0. The number of rotatable bonds is 7. The lowest BCUT2D eigenvalue weighted by atomic mass is 10.2. The SMILES string of the molecule is O=C(NCC1CN(c2ccc(N3CCON(C(=O)Cn4ncnn4)CC3)c(F)c2)C(=O)O1)C(F)F. The summed E-state index contributed by atoms with van der Waals surface area (Å²) in [5, 5.41) is 14.1. The highest BCUT2D eigenvalue weighted by Crippen LogP contribution is 2.28. The number of ether oxygens (including phenoxy) is 1. The Morgan fingerprint density at radius 2 is 2.06 bits per heavy atom. The minimum atomic E-state index is -3.18. The quantitative estimate of drug-likeness (QED) is 0.551. The highest BCUT2D eigenvalue weighted by Gasteiger charge is 2.33. The van der Waals surface area contributed by atoms with Crippen LogP contribution in [0, 0.1) is 5.82 Å². The second-order valence-electron chi connectivity index (χ2n) is 7.58. The van der Waals surface area contributed by atoms with Crippen LogP contribution in [0.3, 0.4) is 0 Å². The molecule has 0 spiro atoms. The predicted octanol–water partition coefficient (Wildman–Crippen LogP) is -0.201. The van der Waals surface area contributed by atoms with E-state index in [0.717, 1.165) is 15.8 Å². The van der Waals surface area contributed by atoms with E-state index in [2.05, 4.69) is 15.4 Å². The van der Waals surface area contributed by atoms with Crippen LogP contribution in [0.4, 0.5) is 29.3 Å². The van der Waals surface area contributed by atoms with Crippen molar-refractivity contribution in [3.05, 3.63) is 30.3 Å². The Morgan fingerprint density at radius 3 is 2.77 bits per heavy atom. The van der Waals surface area contributed by atoms with Gasteiger partial charge in [0, 0.05) is 13.1 Å². The first-order chi connectivity index (χ1) is 16.8. The fourth-order valence-electron chi connectivity index (χ4n) is 3.60. The number of amides is 3. The molecule has 188 valence electrons. The molecule has 4 rings (SSSR count). The van der Waals surface area contributed by atoms with Crippen LogP contribution in [-0.4, -0.2) is 95.0 Å². The first kappa shape index (κ1) is 24.2. The van der Waals surface area contributed by atoms with E-state index in [1.165, 1.54) is 23.5 Å². The molecule has 0 radical (unpaired) electrons. The van der Waals surface area contributed by atoms with Crippen molar-refractivity contribution in [3.63, 3.8) is 0 Å². The highest BCUT2D eigenvalue weighted by molar-refractivity contribution is 5.90. The summed E-state index contributed by atoms with van der Waals surface area (Å²) in [5.41, 5.74) is 0.458. The molecule has 1 atom stereocenters. The van der Waals surface area contributed by atoms with Gasteiger partial charge >= 0.3 is 12.5 Å². The van der Waals surface area contributed by atoms with Crippen molar-refractivity contribution >= 4 is 29.3 Å². The van der Waals surface area contributed by atoms with Gasteiger partial charge in [-0.2, -0.15) is 13.6 Å². The number of hydrogen-bond donors (Lipinski definition) is 1. The Kier molecular flexibility index (Phi) is 7.28. The van der Waals surface area contributed by atoms with Crippen LogP contribution in [0.5, 0.6) is 0 Å². The number of aromatic nitrogens is 4. The average Bonchev–Trinajstić information content (AvgIpc) is 3.39. The molecule has 1 unspecified atom stereocenters. The van der Waals surface area contributed by atoms with E-state index in [9.17, 15) is 27.6 Å². The molecule has 2 saturated heterocycles. The molecule has 1 aromatic heterocycles. The van der Waals surface area contributed by atoms with E-state index in [-0.39, 0.29) is 56.6 Å². The number of carbonyl (C=O) groups excluding carboxylic acids is 3. The molecule has 2 fully saturated rings. The Hall–Kier alpha value is -3.95. The molecular formula is C19H21F3N8O5. The maximum atomic E-state index is 15.0. The summed E-state index contributed by atoms with van der Waals surface area (Å²) in [6.07, 6.45) is -3.61. The number of cyclic esters (lactones) is 1. The van der Waals surface area contributed by atoms with Gasteiger partial charge in [-0.15, -0.1) is 10.2 Å². The van der Waals surface area contributed by atoms with Crippen LogP contribution in [-0.2, 0) is 25.7 Å². The minimum Gasteiger partial charge on any atom is -0.442 e. The predicted molar refractivity (Wildman–Crippen MR) is 111 cm³/mol.